The van der Waals surface area contributed by atoms with E-state index in [9.17, 15) is 15.0 Å². The third-order valence-corrected chi connectivity index (χ3v) is 10.5. The highest BCUT2D eigenvalue weighted by atomic mass is 79.9. The van der Waals surface area contributed by atoms with E-state index in [1.54, 1.807) is 10.8 Å². The summed E-state index contributed by atoms with van der Waals surface area (Å²) >= 11 is 2.94. The van der Waals surface area contributed by atoms with Gasteiger partial charge in [0.1, 0.15) is 18.8 Å². The number of nitrogens with two attached hydrogens (primary N) is 1. The van der Waals surface area contributed by atoms with E-state index in [-0.39, 0.29) is 30.0 Å². The molecule has 1 amide bonds. The number of halogens is 1. The van der Waals surface area contributed by atoms with Gasteiger partial charge in [-0.2, -0.15) is 4.58 Å². The fourth-order valence-electron chi connectivity index (χ4n) is 5.02. The highest BCUT2D eigenvalue weighted by Gasteiger charge is 2.42. The monoisotopic (exact) mass is 682 g/mol. The molecule has 6 N–H and O–H groups in total. The maximum absolute atomic E-state index is 12.8. The van der Waals surface area contributed by atoms with Crippen molar-refractivity contribution >= 4 is 66.2 Å². The lowest BCUT2D eigenvalue weighted by atomic mass is 9.80. The normalized spacial score (nSPS) is 13.9. The molecule has 1 heterocycles. The maximum atomic E-state index is 12.8. The summed E-state index contributed by atoms with van der Waals surface area (Å²) in [5.74, 6) is 3.57. The number of aliphatic hydroxyl groups is 2. The molecule has 0 spiro atoms. The van der Waals surface area contributed by atoms with Crippen molar-refractivity contribution < 1.29 is 24.9 Å². The Hall–Kier alpha value is -1.56. The molecule has 3 rings (SSSR count). The number of aliphatic hydroxyl groups excluding tert-OH is 2. The molecule has 42 heavy (non-hydrogen) atoms. The summed E-state index contributed by atoms with van der Waals surface area (Å²) in [6, 6.07) is 12.4. The first-order valence-electron chi connectivity index (χ1n) is 14.7. The molecule has 0 bridgehead atoms. The Morgan fingerprint density at radius 2 is 1.74 bits per heavy atom. The number of carbonyl (C=O) groups is 1. The van der Waals surface area contributed by atoms with Crippen molar-refractivity contribution in [3.05, 3.63) is 53.1 Å². The van der Waals surface area contributed by atoms with E-state index in [4.69, 9.17) is 0 Å². The zero-order valence-corrected chi connectivity index (χ0v) is 29.6. The minimum absolute atomic E-state index is 0.0429. The maximum Gasteiger partial charge on any atom is 0.251 e. The van der Waals surface area contributed by atoms with Crippen LogP contribution < -0.4 is 16.0 Å². The Kier molecular flexibility index (Phi) is 15.4. The number of carbonyl (C=O) groups excluding carboxylic acids is 1. The Labute approximate surface area is 269 Å². The molecule has 2 aromatic rings. The van der Waals surface area contributed by atoms with Crippen LogP contribution in [0.2, 0.25) is 0 Å². The van der Waals surface area contributed by atoms with Gasteiger partial charge >= 0.3 is 0 Å². The predicted molar refractivity (Wildman–Crippen MR) is 186 cm³/mol. The molecule has 1 aliphatic heterocycles. The smallest absolute Gasteiger partial charge is 0.251 e. The van der Waals surface area contributed by atoms with E-state index >= 15 is 0 Å². The lowest BCUT2D eigenvalue weighted by molar-refractivity contribution is -0.574. The van der Waals surface area contributed by atoms with Crippen molar-refractivity contribution in [1.29, 1.82) is 0 Å². The zero-order valence-electron chi connectivity index (χ0n) is 26.3. The molecule has 0 unspecified atom stereocenters. The first kappa shape index (κ1) is 36.6. The van der Waals surface area contributed by atoms with Gasteiger partial charge in [0, 0.05) is 66.0 Å². The van der Waals surface area contributed by atoms with Crippen LogP contribution in [0.3, 0.4) is 0 Å². The largest absolute Gasteiger partial charge is 0.391 e. The number of amides is 1. The number of alkyl halides is 1. The van der Waals surface area contributed by atoms with Crippen LogP contribution in [0.1, 0.15) is 69.4 Å². The molecular formula is C32H51BrN4O3S2+2. The summed E-state index contributed by atoms with van der Waals surface area (Å²) < 4.78 is 2.22. The first-order valence-corrected chi connectivity index (χ1v) is 18.7. The molecule has 2 aromatic carbocycles. The molecule has 0 atom stereocenters. The fraction of sp³-hybridized carbons (Fsp3) is 0.562. The summed E-state index contributed by atoms with van der Waals surface area (Å²) in [5, 5.41) is 27.4. The summed E-state index contributed by atoms with van der Waals surface area (Å²) in [6.07, 6.45) is 0.965. The molecular weight excluding hydrogens is 632 g/mol. The number of nitrogens with zero attached hydrogens (tertiary/aromatic N) is 1. The second-order valence-electron chi connectivity index (χ2n) is 11.4. The fourth-order valence-corrected chi connectivity index (χ4v) is 6.83. The number of benzene rings is 2. The number of hydrogen-bond donors (Lipinski definition) is 5. The minimum atomic E-state index is -0.0502. The number of β-amino-alcohol motifs (C(OH)–C–C–N with tert-alkyl or cyclic N) is 1. The predicted octanol–water partition coefficient (Wildman–Crippen LogP) is 5.18. The van der Waals surface area contributed by atoms with Crippen LogP contribution in [0.5, 0.6) is 0 Å². The Balaban J connectivity index is 0.00000301. The van der Waals surface area contributed by atoms with Crippen LogP contribution >= 0.6 is 37.5 Å². The molecule has 10 heteroatoms. The first-order chi connectivity index (χ1) is 20.1. The van der Waals surface area contributed by atoms with Gasteiger partial charge in [-0.3, -0.25) is 4.79 Å². The standard InChI is InChI=1S/C31H46N4O3S2.CH3Br/c1-7-30(3,4)25-20-23(8-10-27(25)33-12-16-36)29(38)34-14-19-40-39-18-13-32-24-9-11-28-26(21-24)31(5,6)22(2)35(28)15-17-37;1-2/h8-11,20-21,32,36-37H,7,12-19H2,1-6H3,(H-,33,34,38);1H3/p+2. The Bertz CT molecular complexity index is 1200. The van der Waals surface area contributed by atoms with Gasteiger partial charge < -0.3 is 26.2 Å². The van der Waals surface area contributed by atoms with Crippen molar-refractivity contribution in [3.63, 3.8) is 0 Å². The average Bonchev–Trinajstić information content (AvgIpc) is 3.18. The van der Waals surface area contributed by atoms with Crippen molar-refractivity contribution in [1.82, 2.24) is 5.32 Å². The Morgan fingerprint density at radius 3 is 2.38 bits per heavy atom. The van der Waals surface area contributed by atoms with Crippen molar-refractivity contribution in [2.45, 2.75) is 58.8 Å². The molecule has 234 valence electrons. The van der Waals surface area contributed by atoms with Crippen LogP contribution in [0, 0.1) is 0 Å². The topological polar surface area (TPSA) is 101 Å². The summed E-state index contributed by atoms with van der Waals surface area (Å²) in [4.78, 5) is 12.8. The van der Waals surface area contributed by atoms with E-state index in [1.807, 2.05) is 34.8 Å². The molecule has 0 fully saturated rings. The summed E-state index contributed by atoms with van der Waals surface area (Å²) in [6.45, 7) is 16.2. The average molecular weight is 684 g/mol. The third kappa shape index (κ3) is 9.47. The highest BCUT2D eigenvalue weighted by molar-refractivity contribution is 9.08. The SMILES string of the molecule is CBr.CCC(C)(C)c1cc(C(=O)NCCSSCCNc2ccc3c(c2)C(C)(C)C(C)=[N+]3CCO)ccc1[NH2+]CCO. The van der Waals surface area contributed by atoms with E-state index in [1.165, 1.54) is 17.0 Å². The number of fused-ring (bicyclic) bond motifs is 1. The number of hydrogen-bond acceptors (Lipinski definition) is 6. The number of quaternary nitrogens is 1. The van der Waals surface area contributed by atoms with E-state index in [0.717, 1.165) is 41.4 Å². The molecule has 7 nitrogen and oxygen atoms in total. The van der Waals surface area contributed by atoms with Gasteiger partial charge in [0.25, 0.3) is 5.91 Å². The second kappa shape index (κ2) is 17.7. The van der Waals surface area contributed by atoms with Gasteiger partial charge in [-0.1, -0.05) is 58.3 Å². The summed E-state index contributed by atoms with van der Waals surface area (Å²) in [5.41, 5.74) is 7.71. The molecule has 1 aliphatic rings. The molecule has 0 saturated heterocycles. The van der Waals surface area contributed by atoms with E-state index in [0.29, 0.717) is 25.2 Å². The zero-order chi connectivity index (χ0) is 31.3. The lowest BCUT2D eigenvalue weighted by Crippen LogP contribution is -2.79. The van der Waals surface area contributed by atoms with Gasteiger partial charge in [0.05, 0.1) is 12.0 Å². The minimum Gasteiger partial charge on any atom is -0.391 e. The highest BCUT2D eigenvalue weighted by Crippen LogP contribution is 2.40. The van der Waals surface area contributed by atoms with Gasteiger partial charge in [-0.25, -0.2) is 0 Å². The van der Waals surface area contributed by atoms with Crippen molar-refractivity contribution in [2.75, 3.05) is 62.0 Å². The van der Waals surface area contributed by atoms with Crippen LogP contribution in [0.25, 0.3) is 0 Å². The van der Waals surface area contributed by atoms with Crippen LogP contribution in [0.15, 0.2) is 36.4 Å². The number of anilines is 1. The van der Waals surface area contributed by atoms with Crippen LogP contribution in [-0.2, 0) is 10.8 Å². The second-order valence-corrected chi connectivity index (χ2v) is 14.1. The lowest BCUT2D eigenvalue weighted by Gasteiger charge is -2.25. The third-order valence-electron chi connectivity index (χ3n) is 8.08. The number of nitrogens with one attached hydrogen (secondary N) is 2. The van der Waals surface area contributed by atoms with Crippen molar-refractivity contribution in [2.24, 2.45) is 0 Å². The Morgan fingerprint density at radius 1 is 1.05 bits per heavy atom. The molecule has 0 aliphatic carbocycles. The molecule has 0 aromatic heterocycles. The van der Waals surface area contributed by atoms with Crippen LogP contribution in [0.4, 0.5) is 17.1 Å². The number of rotatable bonds is 16. The van der Waals surface area contributed by atoms with Crippen molar-refractivity contribution in [3.8, 4) is 0 Å². The summed E-state index contributed by atoms with van der Waals surface area (Å²) in [7, 11) is 3.58. The van der Waals surface area contributed by atoms with Crippen LogP contribution in [-0.4, -0.2) is 83.1 Å². The van der Waals surface area contributed by atoms with E-state index in [2.05, 4.69) is 96.2 Å². The van der Waals surface area contributed by atoms with Gasteiger partial charge in [-0.05, 0) is 55.8 Å². The molecule has 0 saturated carbocycles. The molecule has 0 radical (unpaired) electrons. The van der Waals surface area contributed by atoms with Gasteiger partial charge in [0.2, 0.25) is 5.69 Å². The quantitative estimate of drug-likeness (QED) is 0.0550. The van der Waals surface area contributed by atoms with E-state index < -0.39 is 0 Å². The van der Waals surface area contributed by atoms with Gasteiger partial charge in [-0.15, -0.1) is 0 Å². The van der Waals surface area contributed by atoms with Gasteiger partial charge in [0.15, 0.2) is 12.3 Å².